The molecule has 1 aliphatic carbocycles. The molecule has 0 bridgehead atoms. The Hall–Kier alpha value is -1.75. The van der Waals surface area contributed by atoms with Gasteiger partial charge in [0.25, 0.3) is 0 Å². The number of nitrogens with one attached hydrogen (secondary N) is 2. The van der Waals surface area contributed by atoms with E-state index in [4.69, 9.17) is 4.74 Å². The molecule has 0 radical (unpaired) electrons. The van der Waals surface area contributed by atoms with E-state index in [1.54, 1.807) is 0 Å². The van der Waals surface area contributed by atoms with Gasteiger partial charge in [-0.05, 0) is 63.4 Å². The Labute approximate surface area is 144 Å². The molecule has 1 aliphatic heterocycles. The summed E-state index contributed by atoms with van der Waals surface area (Å²) in [6.45, 7) is 5.52. The summed E-state index contributed by atoms with van der Waals surface area (Å²) in [5.74, 6) is 0.901. The molecule has 1 aromatic rings. The van der Waals surface area contributed by atoms with Crippen LogP contribution in [0.15, 0.2) is 24.3 Å². The number of benzene rings is 1. The maximum atomic E-state index is 12.0. The normalized spacial score (nSPS) is 19.5. The maximum absolute atomic E-state index is 12.0. The van der Waals surface area contributed by atoms with Gasteiger partial charge in [-0.25, -0.2) is 4.79 Å². The van der Waals surface area contributed by atoms with Gasteiger partial charge in [-0.2, -0.15) is 0 Å². The number of nitrogens with zero attached hydrogens (tertiary/aromatic N) is 1. The molecule has 2 aliphatic rings. The fourth-order valence-corrected chi connectivity index (χ4v) is 3.29. The van der Waals surface area contributed by atoms with Crippen LogP contribution < -0.4 is 15.4 Å². The first-order valence-electron chi connectivity index (χ1n) is 9.27. The number of hydrogen-bond acceptors (Lipinski definition) is 3. The highest BCUT2D eigenvalue weighted by Gasteiger charge is 2.25. The summed E-state index contributed by atoms with van der Waals surface area (Å²) in [5, 5.41) is 6.07. The number of piperidine rings is 1. The summed E-state index contributed by atoms with van der Waals surface area (Å²) in [4.78, 5) is 14.5. The van der Waals surface area contributed by atoms with Crippen LogP contribution in [0.2, 0.25) is 0 Å². The minimum atomic E-state index is -0.0366. The van der Waals surface area contributed by atoms with Crippen molar-refractivity contribution in [1.29, 1.82) is 0 Å². The Morgan fingerprint density at radius 1 is 1.21 bits per heavy atom. The average molecular weight is 331 g/mol. The number of urea groups is 1. The van der Waals surface area contributed by atoms with Crippen LogP contribution in [0.25, 0.3) is 0 Å². The second-order valence-corrected chi connectivity index (χ2v) is 6.74. The Balaban J connectivity index is 1.64. The van der Waals surface area contributed by atoms with Crippen molar-refractivity contribution in [1.82, 2.24) is 15.5 Å². The fourth-order valence-electron chi connectivity index (χ4n) is 3.29. The lowest BCUT2D eigenvalue weighted by Gasteiger charge is -2.35. The van der Waals surface area contributed by atoms with Crippen LogP contribution in [0.1, 0.15) is 50.6 Å². The molecule has 1 unspecified atom stereocenters. The molecule has 2 N–H and O–H groups in total. The molecule has 2 amide bonds. The van der Waals surface area contributed by atoms with Crippen molar-refractivity contribution < 1.29 is 9.53 Å². The standard InChI is InChI=1S/C19H29N3O2/c1-2-24-17-10-6-15(7-11-17)18(22-12-4-3-5-13-22)14-20-19(23)21-16-8-9-16/h6-7,10-11,16,18H,2-5,8-9,12-14H2,1H3,(H2,20,21,23). The smallest absolute Gasteiger partial charge is 0.315 e. The number of rotatable bonds is 7. The molecular formula is C19H29N3O2. The first kappa shape index (κ1) is 17.1. The van der Waals surface area contributed by atoms with Crippen molar-refractivity contribution in [2.75, 3.05) is 26.2 Å². The number of amides is 2. The largest absolute Gasteiger partial charge is 0.494 e. The topological polar surface area (TPSA) is 53.6 Å². The molecule has 1 aromatic carbocycles. The van der Waals surface area contributed by atoms with Gasteiger partial charge in [0.05, 0.1) is 12.6 Å². The number of ether oxygens (including phenoxy) is 1. The molecule has 0 aromatic heterocycles. The van der Waals surface area contributed by atoms with Gasteiger partial charge in [-0.1, -0.05) is 18.6 Å². The molecule has 132 valence electrons. The first-order valence-corrected chi connectivity index (χ1v) is 9.27. The van der Waals surface area contributed by atoms with Crippen LogP contribution in [-0.4, -0.2) is 43.2 Å². The Morgan fingerprint density at radius 2 is 1.92 bits per heavy atom. The van der Waals surface area contributed by atoms with Crippen molar-refractivity contribution in [2.45, 2.75) is 51.1 Å². The van der Waals surface area contributed by atoms with Gasteiger partial charge >= 0.3 is 6.03 Å². The van der Waals surface area contributed by atoms with E-state index in [2.05, 4.69) is 27.7 Å². The second-order valence-electron chi connectivity index (χ2n) is 6.74. The molecule has 24 heavy (non-hydrogen) atoms. The van der Waals surface area contributed by atoms with Gasteiger partial charge in [0.15, 0.2) is 0 Å². The van der Waals surface area contributed by atoms with Crippen LogP contribution in [0, 0.1) is 0 Å². The maximum Gasteiger partial charge on any atom is 0.315 e. The number of carbonyl (C=O) groups excluding carboxylic acids is 1. The molecule has 1 heterocycles. The quantitative estimate of drug-likeness (QED) is 0.807. The number of hydrogen-bond donors (Lipinski definition) is 2. The predicted molar refractivity (Wildman–Crippen MR) is 95.3 cm³/mol. The molecule has 1 saturated carbocycles. The van der Waals surface area contributed by atoms with Crippen molar-refractivity contribution in [3.05, 3.63) is 29.8 Å². The van der Waals surface area contributed by atoms with Crippen LogP contribution in [0.3, 0.4) is 0 Å². The van der Waals surface area contributed by atoms with Crippen LogP contribution in [0.5, 0.6) is 5.75 Å². The van der Waals surface area contributed by atoms with Crippen LogP contribution in [0.4, 0.5) is 4.79 Å². The molecule has 5 nitrogen and oxygen atoms in total. The van der Waals surface area contributed by atoms with E-state index < -0.39 is 0 Å². The summed E-state index contributed by atoms with van der Waals surface area (Å²) in [7, 11) is 0. The van der Waals surface area contributed by atoms with E-state index in [-0.39, 0.29) is 12.1 Å². The van der Waals surface area contributed by atoms with Gasteiger partial charge in [0, 0.05) is 12.6 Å². The van der Waals surface area contributed by atoms with Gasteiger partial charge in [0.1, 0.15) is 5.75 Å². The van der Waals surface area contributed by atoms with E-state index in [0.717, 1.165) is 31.7 Å². The molecule has 5 heteroatoms. The molecular weight excluding hydrogens is 302 g/mol. The van der Waals surface area contributed by atoms with Crippen molar-refractivity contribution in [2.24, 2.45) is 0 Å². The van der Waals surface area contributed by atoms with Crippen LogP contribution in [-0.2, 0) is 0 Å². The zero-order valence-corrected chi connectivity index (χ0v) is 14.6. The van der Waals surface area contributed by atoms with Crippen molar-refractivity contribution in [3.63, 3.8) is 0 Å². The van der Waals surface area contributed by atoms with Gasteiger partial charge in [0.2, 0.25) is 0 Å². The van der Waals surface area contributed by atoms with Crippen molar-refractivity contribution in [3.8, 4) is 5.75 Å². The highest BCUT2D eigenvalue weighted by molar-refractivity contribution is 5.74. The lowest BCUT2D eigenvalue weighted by atomic mass is 10.0. The molecule has 1 saturated heterocycles. The number of likely N-dealkylation sites (tertiary alicyclic amines) is 1. The predicted octanol–water partition coefficient (Wildman–Crippen LogP) is 3.07. The Kier molecular flexibility index (Phi) is 5.96. The molecule has 2 fully saturated rings. The van der Waals surface area contributed by atoms with Crippen LogP contribution >= 0.6 is 0 Å². The minimum Gasteiger partial charge on any atom is -0.494 e. The third-order valence-electron chi connectivity index (χ3n) is 4.78. The molecule has 3 rings (SSSR count). The third kappa shape index (κ3) is 4.87. The number of carbonyl (C=O) groups is 1. The zero-order valence-electron chi connectivity index (χ0n) is 14.6. The summed E-state index contributed by atoms with van der Waals surface area (Å²) in [6.07, 6.45) is 6.01. The third-order valence-corrected chi connectivity index (χ3v) is 4.78. The first-order chi connectivity index (χ1) is 11.8. The fraction of sp³-hybridized carbons (Fsp3) is 0.632. The molecule has 0 spiro atoms. The lowest BCUT2D eigenvalue weighted by Crippen LogP contribution is -2.44. The summed E-state index contributed by atoms with van der Waals surface area (Å²) >= 11 is 0. The van der Waals surface area contributed by atoms with E-state index in [9.17, 15) is 4.79 Å². The average Bonchev–Trinajstić information content (AvgIpc) is 3.42. The SMILES string of the molecule is CCOc1ccc(C(CNC(=O)NC2CC2)N2CCCCC2)cc1. The van der Waals surface area contributed by atoms with Crippen molar-refractivity contribution >= 4 is 6.03 Å². The summed E-state index contributed by atoms with van der Waals surface area (Å²) in [6, 6.07) is 8.90. The molecule has 1 atom stereocenters. The van der Waals surface area contributed by atoms with Gasteiger partial charge in [-0.3, -0.25) is 4.90 Å². The zero-order chi connectivity index (χ0) is 16.8. The van der Waals surface area contributed by atoms with Gasteiger partial charge < -0.3 is 15.4 Å². The van der Waals surface area contributed by atoms with E-state index in [1.807, 2.05) is 19.1 Å². The lowest BCUT2D eigenvalue weighted by molar-refractivity contribution is 0.160. The van der Waals surface area contributed by atoms with Gasteiger partial charge in [-0.15, -0.1) is 0 Å². The summed E-state index contributed by atoms with van der Waals surface area (Å²) in [5.41, 5.74) is 1.24. The minimum absolute atomic E-state index is 0.0366. The van der Waals surface area contributed by atoms with E-state index in [1.165, 1.54) is 24.8 Å². The second kappa shape index (κ2) is 8.38. The summed E-state index contributed by atoms with van der Waals surface area (Å²) < 4.78 is 5.54. The highest BCUT2D eigenvalue weighted by Crippen LogP contribution is 2.26. The Bertz CT molecular complexity index is 522. The highest BCUT2D eigenvalue weighted by atomic mass is 16.5. The monoisotopic (exact) mass is 331 g/mol. The van der Waals surface area contributed by atoms with E-state index >= 15 is 0 Å². The Morgan fingerprint density at radius 3 is 2.54 bits per heavy atom. The van der Waals surface area contributed by atoms with E-state index in [0.29, 0.717) is 19.2 Å².